The highest BCUT2D eigenvalue weighted by atomic mass is 32.2. The zero-order valence-electron chi connectivity index (χ0n) is 16.6. The molecule has 2 heterocycles. The van der Waals surface area contributed by atoms with Crippen LogP contribution < -0.4 is 5.32 Å². The maximum Gasteiger partial charge on any atom is 0.254 e. The molecule has 9 heteroatoms. The van der Waals surface area contributed by atoms with Crippen LogP contribution in [0.25, 0.3) is 5.78 Å². The lowest BCUT2D eigenvalue weighted by Gasteiger charge is -2.22. The second kappa shape index (κ2) is 8.21. The van der Waals surface area contributed by atoms with Crippen molar-refractivity contribution in [3.05, 3.63) is 83.8 Å². The van der Waals surface area contributed by atoms with Crippen LogP contribution >= 0.6 is 0 Å². The van der Waals surface area contributed by atoms with Gasteiger partial charge in [0.25, 0.3) is 5.78 Å². The highest BCUT2D eigenvalue weighted by Crippen LogP contribution is 2.28. The summed E-state index contributed by atoms with van der Waals surface area (Å²) in [4.78, 5) is 8.88. The summed E-state index contributed by atoms with van der Waals surface area (Å²) in [6.07, 6.45) is 2.64. The van der Waals surface area contributed by atoms with E-state index in [2.05, 4.69) is 20.4 Å². The van der Waals surface area contributed by atoms with Gasteiger partial charge in [0.2, 0.25) is 0 Å². The number of hydrogen-bond donors (Lipinski definition) is 1. The number of sulfone groups is 1. The molecule has 154 valence electrons. The molecular formula is C21H21N5O3S. The third kappa shape index (κ3) is 4.17. The maximum absolute atomic E-state index is 12.1. The van der Waals surface area contributed by atoms with Crippen LogP contribution in [0.15, 0.2) is 71.9 Å². The van der Waals surface area contributed by atoms with E-state index in [1.807, 2.05) is 42.5 Å². The molecule has 0 fully saturated rings. The number of methoxy groups -OCH3 is 1. The summed E-state index contributed by atoms with van der Waals surface area (Å²) < 4.78 is 31.0. The summed E-state index contributed by atoms with van der Waals surface area (Å²) in [6.45, 7) is 0.331. The molecule has 0 aliphatic carbocycles. The second-order valence-corrected chi connectivity index (χ2v) is 8.89. The van der Waals surface area contributed by atoms with Gasteiger partial charge in [0.1, 0.15) is 12.1 Å². The number of hydrogen-bond acceptors (Lipinski definition) is 7. The molecule has 2 aromatic heterocycles. The molecule has 1 N–H and O–H groups in total. The van der Waals surface area contributed by atoms with Gasteiger partial charge >= 0.3 is 0 Å². The van der Waals surface area contributed by atoms with Gasteiger partial charge in [-0.05, 0) is 23.3 Å². The third-order valence-corrected chi connectivity index (χ3v) is 5.75. The molecule has 4 rings (SSSR count). The summed E-state index contributed by atoms with van der Waals surface area (Å²) >= 11 is 0. The monoisotopic (exact) mass is 423 g/mol. The van der Waals surface area contributed by atoms with Crippen molar-refractivity contribution in [2.24, 2.45) is 0 Å². The van der Waals surface area contributed by atoms with E-state index < -0.39 is 9.84 Å². The van der Waals surface area contributed by atoms with Gasteiger partial charge in [-0.25, -0.2) is 13.4 Å². The minimum atomic E-state index is -3.34. The average molecular weight is 423 g/mol. The van der Waals surface area contributed by atoms with Crippen molar-refractivity contribution < 1.29 is 13.2 Å². The van der Waals surface area contributed by atoms with Crippen LogP contribution in [0.2, 0.25) is 0 Å². The van der Waals surface area contributed by atoms with Crippen LogP contribution in [0, 0.1) is 0 Å². The fourth-order valence-electron chi connectivity index (χ4n) is 3.26. The van der Waals surface area contributed by atoms with Gasteiger partial charge in [-0.3, -0.25) is 0 Å². The number of rotatable bonds is 7. The van der Waals surface area contributed by atoms with E-state index in [-0.39, 0.29) is 10.9 Å². The third-order valence-electron chi connectivity index (χ3n) is 4.64. The molecule has 0 amide bonds. The lowest BCUT2D eigenvalue weighted by atomic mass is 9.98. The van der Waals surface area contributed by atoms with Gasteiger partial charge in [0.15, 0.2) is 9.84 Å². The molecule has 1 atom stereocenters. The van der Waals surface area contributed by atoms with Gasteiger partial charge in [0, 0.05) is 19.4 Å². The Kier molecular flexibility index (Phi) is 5.47. The van der Waals surface area contributed by atoms with Crippen LogP contribution in [0.1, 0.15) is 22.9 Å². The van der Waals surface area contributed by atoms with Crippen molar-refractivity contribution in [1.29, 1.82) is 0 Å². The van der Waals surface area contributed by atoms with Crippen molar-refractivity contribution in [3.8, 4) is 0 Å². The van der Waals surface area contributed by atoms with Gasteiger partial charge in [0.05, 0.1) is 23.2 Å². The molecule has 30 heavy (non-hydrogen) atoms. The fourth-order valence-corrected chi connectivity index (χ4v) is 3.94. The van der Waals surface area contributed by atoms with Crippen LogP contribution in [0.3, 0.4) is 0 Å². The van der Waals surface area contributed by atoms with Gasteiger partial charge in [-0.15, -0.1) is 0 Å². The molecule has 0 spiro atoms. The van der Waals surface area contributed by atoms with Gasteiger partial charge in [-0.2, -0.15) is 14.6 Å². The largest absolute Gasteiger partial charge is 0.378 e. The molecule has 0 saturated carbocycles. The number of anilines is 1. The SMILES string of the molecule is COCc1cc(NC(c2ccccc2)c2cccc(S(C)(=O)=O)c2)n2ncnc2n1. The zero-order chi connectivity index (χ0) is 21.1. The number of aromatic nitrogens is 4. The lowest BCUT2D eigenvalue weighted by molar-refractivity contribution is 0.181. The van der Waals surface area contributed by atoms with E-state index in [9.17, 15) is 8.42 Å². The molecule has 1 unspecified atom stereocenters. The number of benzene rings is 2. The topological polar surface area (TPSA) is 98.5 Å². The molecule has 4 aromatic rings. The quantitative estimate of drug-likeness (QED) is 0.488. The van der Waals surface area contributed by atoms with Gasteiger partial charge < -0.3 is 10.1 Å². The van der Waals surface area contributed by atoms with E-state index in [1.54, 1.807) is 29.8 Å². The lowest BCUT2D eigenvalue weighted by Crippen LogP contribution is -2.16. The molecule has 0 radical (unpaired) electrons. The number of fused-ring (bicyclic) bond motifs is 1. The number of nitrogens with zero attached hydrogens (tertiary/aromatic N) is 4. The normalized spacial score (nSPS) is 12.7. The Morgan fingerprint density at radius 1 is 1.07 bits per heavy atom. The summed E-state index contributed by atoms with van der Waals surface area (Å²) in [5.41, 5.74) is 2.49. The van der Waals surface area contributed by atoms with E-state index in [1.165, 1.54) is 12.6 Å². The Balaban J connectivity index is 1.83. The first kappa shape index (κ1) is 20.0. The van der Waals surface area contributed by atoms with Crippen LogP contribution in [-0.4, -0.2) is 41.4 Å². The smallest absolute Gasteiger partial charge is 0.254 e. The minimum absolute atomic E-state index is 0.267. The molecule has 0 aliphatic rings. The highest BCUT2D eigenvalue weighted by Gasteiger charge is 2.19. The second-order valence-electron chi connectivity index (χ2n) is 6.87. The summed E-state index contributed by atoms with van der Waals surface area (Å²) in [5, 5.41) is 7.75. The Morgan fingerprint density at radius 2 is 1.83 bits per heavy atom. The van der Waals surface area contributed by atoms with E-state index >= 15 is 0 Å². The Morgan fingerprint density at radius 3 is 2.57 bits per heavy atom. The Bertz CT molecular complexity index is 1270. The van der Waals surface area contributed by atoms with Crippen molar-refractivity contribution >= 4 is 21.4 Å². The predicted octanol–water partition coefficient (Wildman–Crippen LogP) is 2.88. The number of nitrogens with one attached hydrogen (secondary N) is 1. The highest BCUT2D eigenvalue weighted by molar-refractivity contribution is 7.90. The van der Waals surface area contributed by atoms with E-state index in [4.69, 9.17) is 4.74 Å². The Labute approximate surface area is 174 Å². The molecule has 0 aliphatic heterocycles. The van der Waals surface area contributed by atoms with Gasteiger partial charge in [-0.1, -0.05) is 42.5 Å². The van der Waals surface area contributed by atoms with Crippen LogP contribution in [0.5, 0.6) is 0 Å². The minimum Gasteiger partial charge on any atom is -0.378 e. The van der Waals surface area contributed by atoms with Crippen molar-refractivity contribution in [3.63, 3.8) is 0 Å². The summed E-state index contributed by atoms with van der Waals surface area (Å²) in [5.74, 6) is 1.12. The van der Waals surface area contributed by atoms with E-state index in [0.717, 1.165) is 11.1 Å². The standard InChI is InChI=1S/C21H21N5O3S/c1-29-13-17-12-19(26-21(24-17)22-14-23-26)25-20(15-7-4-3-5-8-15)16-9-6-10-18(11-16)30(2,27)28/h3-12,14,20,25H,13H2,1-2H3. The van der Waals surface area contributed by atoms with Crippen molar-refractivity contribution in [2.45, 2.75) is 17.5 Å². The molecule has 0 saturated heterocycles. The first-order valence-corrected chi connectivity index (χ1v) is 11.1. The van der Waals surface area contributed by atoms with Crippen LogP contribution in [-0.2, 0) is 21.2 Å². The van der Waals surface area contributed by atoms with Crippen molar-refractivity contribution in [2.75, 3.05) is 18.7 Å². The van der Waals surface area contributed by atoms with Crippen LogP contribution in [0.4, 0.5) is 5.82 Å². The fraction of sp³-hybridized carbons (Fsp3) is 0.190. The average Bonchev–Trinajstić information content (AvgIpc) is 3.21. The Hall–Kier alpha value is -3.30. The maximum atomic E-state index is 12.1. The van der Waals surface area contributed by atoms with Crippen molar-refractivity contribution in [1.82, 2.24) is 19.6 Å². The number of ether oxygens (including phenoxy) is 1. The summed E-state index contributed by atoms with van der Waals surface area (Å²) in [7, 11) is -1.73. The molecule has 2 aromatic carbocycles. The first-order chi connectivity index (χ1) is 14.5. The predicted molar refractivity (Wildman–Crippen MR) is 113 cm³/mol. The van der Waals surface area contributed by atoms with E-state index in [0.29, 0.717) is 23.9 Å². The molecule has 8 nitrogen and oxygen atoms in total. The zero-order valence-corrected chi connectivity index (χ0v) is 17.4. The molecule has 0 bridgehead atoms. The summed E-state index contributed by atoms with van der Waals surface area (Å²) in [6, 6.07) is 18.3. The molecular weight excluding hydrogens is 402 g/mol. The first-order valence-electron chi connectivity index (χ1n) is 9.26.